The van der Waals surface area contributed by atoms with Crippen LogP contribution in [0, 0.1) is 6.92 Å². The van der Waals surface area contributed by atoms with Gasteiger partial charge >= 0.3 is 0 Å². The standard InChI is InChI=1S/C18H15N3O3/c1-11-5-4-6-12-9-13(17(23)20-16(11)12)10-19-21-18(24)14-7-2-3-8-15(14)22/h2-10,22H,1H3,(H,20,23)(H,21,24)/b19-10-. The average molecular weight is 321 g/mol. The Morgan fingerprint density at radius 3 is 2.79 bits per heavy atom. The van der Waals surface area contributed by atoms with Gasteiger partial charge in [-0.15, -0.1) is 0 Å². The molecule has 0 spiro atoms. The van der Waals surface area contributed by atoms with Crippen molar-refractivity contribution in [2.24, 2.45) is 5.10 Å². The minimum atomic E-state index is -0.558. The van der Waals surface area contributed by atoms with Crippen LogP contribution in [0.25, 0.3) is 10.9 Å². The largest absolute Gasteiger partial charge is 0.507 e. The number of fused-ring (bicyclic) bond motifs is 1. The summed E-state index contributed by atoms with van der Waals surface area (Å²) in [5, 5.41) is 14.3. The third-order valence-electron chi connectivity index (χ3n) is 3.64. The number of benzene rings is 2. The molecule has 0 aliphatic rings. The molecule has 0 saturated heterocycles. The number of nitrogens with one attached hydrogen (secondary N) is 2. The lowest BCUT2D eigenvalue weighted by molar-refractivity contribution is 0.0952. The Labute approximate surface area is 137 Å². The number of aryl methyl sites for hydroxylation is 1. The molecule has 0 saturated carbocycles. The van der Waals surface area contributed by atoms with Gasteiger partial charge in [-0.05, 0) is 36.1 Å². The summed E-state index contributed by atoms with van der Waals surface area (Å²) >= 11 is 0. The predicted molar refractivity (Wildman–Crippen MR) is 92.5 cm³/mol. The number of carbonyl (C=O) groups is 1. The quantitative estimate of drug-likeness (QED) is 0.510. The fraction of sp³-hybridized carbons (Fsp3) is 0.0556. The maximum atomic E-state index is 12.1. The van der Waals surface area contributed by atoms with Crippen LogP contribution in [-0.2, 0) is 0 Å². The summed E-state index contributed by atoms with van der Waals surface area (Å²) in [5.41, 5.74) is 4.18. The Morgan fingerprint density at radius 2 is 2.00 bits per heavy atom. The highest BCUT2D eigenvalue weighted by molar-refractivity contribution is 5.97. The van der Waals surface area contributed by atoms with Crippen LogP contribution in [0.3, 0.4) is 0 Å². The second-order valence-corrected chi connectivity index (χ2v) is 5.31. The molecule has 120 valence electrons. The summed E-state index contributed by atoms with van der Waals surface area (Å²) in [5.74, 6) is -0.693. The van der Waals surface area contributed by atoms with Crippen molar-refractivity contribution >= 4 is 23.0 Å². The number of hydrogen-bond donors (Lipinski definition) is 3. The molecular weight excluding hydrogens is 306 g/mol. The normalized spacial score (nSPS) is 11.0. The molecule has 3 N–H and O–H groups in total. The summed E-state index contributed by atoms with van der Waals surface area (Å²) < 4.78 is 0. The highest BCUT2D eigenvalue weighted by atomic mass is 16.3. The van der Waals surface area contributed by atoms with Crippen LogP contribution < -0.4 is 11.0 Å². The molecule has 0 radical (unpaired) electrons. The van der Waals surface area contributed by atoms with Crippen molar-refractivity contribution in [3.8, 4) is 5.75 Å². The van der Waals surface area contributed by atoms with Gasteiger partial charge in [-0.1, -0.05) is 30.3 Å². The van der Waals surface area contributed by atoms with E-state index in [4.69, 9.17) is 0 Å². The third kappa shape index (κ3) is 3.03. The van der Waals surface area contributed by atoms with E-state index in [1.54, 1.807) is 18.2 Å². The lowest BCUT2D eigenvalue weighted by Gasteiger charge is -2.03. The van der Waals surface area contributed by atoms with Crippen LogP contribution >= 0.6 is 0 Å². The number of nitrogens with zero attached hydrogens (tertiary/aromatic N) is 1. The third-order valence-corrected chi connectivity index (χ3v) is 3.64. The Bertz CT molecular complexity index is 1010. The number of pyridine rings is 1. The number of aromatic amines is 1. The van der Waals surface area contributed by atoms with Gasteiger partial charge in [0, 0.05) is 0 Å². The molecule has 1 heterocycles. The molecule has 6 nitrogen and oxygen atoms in total. The van der Waals surface area contributed by atoms with E-state index in [0.29, 0.717) is 5.56 Å². The van der Waals surface area contributed by atoms with E-state index < -0.39 is 5.91 Å². The molecule has 0 atom stereocenters. The van der Waals surface area contributed by atoms with Crippen LogP contribution in [0.1, 0.15) is 21.5 Å². The summed E-state index contributed by atoms with van der Waals surface area (Å²) in [7, 11) is 0. The van der Waals surface area contributed by atoms with Gasteiger partial charge in [0.25, 0.3) is 11.5 Å². The fourth-order valence-corrected chi connectivity index (χ4v) is 2.38. The van der Waals surface area contributed by atoms with Gasteiger partial charge in [0.15, 0.2) is 0 Å². The number of phenols is 1. The topological polar surface area (TPSA) is 94.5 Å². The zero-order valence-electron chi connectivity index (χ0n) is 12.9. The molecule has 1 aromatic heterocycles. The molecule has 0 fully saturated rings. The molecule has 24 heavy (non-hydrogen) atoms. The number of para-hydroxylation sites is 2. The summed E-state index contributed by atoms with van der Waals surface area (Å²) in [6, 6.07) is 13.5. The average Bonchev–Trinajstić information content (AvgIpc) is 2.56. The lowest BCUT2D eigenvalue weighted by atomic mass is 10.1. The molecule has 3 rings (SSSR count). The zero-order chi connectivity index (χ0) is 17.1. The van der Waals surface area contributed by atoms with E-state index in [9.17, 15) is 14.7 Å². The first-order valence-electron chi connectivity index (χ1n) is 7.30. The number of aromatic hydroxyl groups is 1. The highest BCUT2D eigenvalue weighted by Gasteiger charge is 2.09. The minimum Gasteiger partial charge on any atom is -0.507 e. The van der Waals surface area contributed by atoms with Crippen molar-refractivity contribution in [3.63, 3.8) is 0 Å². The highest BCUT2D eigenvalue weighted by Crippen LogP contribution is 2.15. The summed E-state index contributed by atoms with van der Waals surface area (Å²) in [6.45, 7) is 1.92. The predicted octanol–water partition coefficient (Wildman–Crippen LogP) is 2.31. The van der Waals surface area contributed by atoms with Crippen LogP contribution in [0.2, 0.25) is 0 Å². The van der Waals surface area contributed by atoms with Crippen molar-refractivity contribution in [2.75, 3.05) is 0 Å². The summed E-state index contributed by atoms with van der Waals surface area (Å²) in [4.78, 5) is 26.8. The molecular formula is C18H15N3O3. The van der Waals surface area contributed by atoms with Crippen molar-refractivity contribution < 1.29 is 9.90 Å². The van der Waals surface area contributed by atoms with E-state index >= 15 is 0 Å². The molecule has 0 aliphatic heterocycles. The Hall–Kier alpha value is -3.41. The van der Waals surface area contributed by atoms with E-state index in [2.05, 4.69) is 15.5 Å². The number of rotatable bonds is 3. The van der Waals surface area contributed by atoms with Crippen molar-refractivity contribution in [3.05, 3.63) is 75.6 Å². The molecule has 0 unspecified atom stereocenters. The summed E-state index contributed by atoms with van der Waals surface area (Å²) in [6.07, 6.45) is 1.28. The lowest BCUT2D eigenvalue weighted by Crippen LogP contribution is -2.19. The first-order chi connectivity index (χ1) is 11.6. The second-order valence-electron chi connectivity index (χ2n) is 5.31. The first kappa shape index (κ1) is 15.5. The van der Waals surface area contributed by atoms with Crippen molar-refractivity contribution in [1.82, 2.24) is 10.4 Å². The van der Waals surface area contributed by atoms with Gasteiger partial charge in [-0.25, -0.2) is 5.43 Å². The number of carbonyl (C=O) groups excluding carboxylic acids is 1. The molecule has 0 aliphatic carbocycles. The van der Waals surface area contributed by atoms with Gasteiger partial charge < -0.3 is 10.1 Å². The molecule has 0 bridgehead atoms. The van der Waals surface area contributed by atoms with E-state index in [1.807, 2.05) is 25.1 Å². The smallest absolute Gasteiger partial charge is 0.275 e. The number of phenolic OH excluding ortho intramolecular Hbond substituents is 1. The monoisotopic (exact) mass is 321 g/mol. The van der Waals surface area contributed by atoms with Gasteiger partial charge in [0.1, 0.15) is 5.75 Å². The van der Waals surface area contributed by atoms with Crippen LogP contribution in [0.4, 0.5) is 0 Å². The molecule has 2 aromatic carbocycles. The number of hydrazone groups is 1. The van der Waals surface area contributed by atoms with E-state index in [0.717, 1.165) is 16.5 Å². The number of amides is 1. The van der Waals surface area contributed by atoms with Crippen molar-refractivity contribution in [1.29, 1.82) is 0 Å². The van der Waals surface area contributed by atoms with Gasteiger partial charge in [-0.2, -0.15) is 5.10 Å². The molecule has 1 amide bonds. The molecule has 3 aromatic rings. The van der Waals surface area contributed by atoms with Crippen LogP contribution in [0.15, 0.2) is 58.4 Å². The maximum absolute atomic E-state index is 12.1. The van der Waals surface area contributed by atoms with Gasteiger partial charge in [0.05, 0.1) is 22.9 Å². The number of hydrogen-bond acceptors (Lipinski definition) is 4. The Morgan fingerprint density at radius 1 is 1.21 bits per heavy atom. The van der Waals surface area contributed by atoms with Gasteiger partial charge in [-0.3, -0.25) is 9.59 Å². The zero-order valence-corrected chi connectivity index (χ0v) is 12.9. The fourth-order valence-electron chi connectivity index (χ4n) is 2.38. The van der Waals surface area contributed by atoms with Gasteiger partial charge in [0.2, 0.25) is 0 Å². The Kier molecular flexibility index (Phi) is 4.11. The van der Waals surface area contributed by atoms with Crippen molar-refractivity contribution in [2.45, 2.75) is 6.92 Å². The first-order valence-corrected chi connectivity index (χ1v) is 7.30. The van der Waals surface area contributed by atoms with Crippen LogP contribution in [0.5, 0.6) is 5.75 Å². The van der Waals surface area contributed by atoms with Crippen LogP contribution in [-0.4, -0.2) is 22.2 Å². The van der Waals surface area contributed by atoms with E-state index in [-0.39, 0.29) is 16.9 Å². The second kappa shape index (κ2) is 6.37. The number of aromatic nitrogens is 1. The maximum Gasteiger partial charge on any atom is 0.275 e. The SMILES string of the molecule is Cc1cccc2cc(/C=N\NC(=O)c3ccccc3O)c(=O)[nH]c12. The molecule has 6 heteroatoms. The number of H-pyrrole nitrogens is 1. The Balaban J connectivity index is 1.84. The van der Waals surface area contributed by atoms with E-state index in [1.165, 1.54) is 18.3 Å². The minimum absolute atomic E-state index is 0.109.